The van der Waals surface area contributed by atoms with Crippen molar-refractivity contribution < 1.29 is 4.79 Å². The lowest BCUT2D eigenvalue weighted by molar-refractivity contribution is -0.129. The van der Waals surface area contributed by atoms with Gasteiger partial charge in [-0.25, -0.2) is 0 Å². The molecule has 0 N–H and O–H groups in total. The molecule has 0 aromatic carbocycles. The summed E-state index contributed by atoms with van der Waals surface area (Å²) in [6.45, 7) is 9.76. The molecule has 2 nitrogen and oxygen atoms in total. The second-order valence-electron chi connectivity index (χ2n) is 5.26. The van der Waals surface area contributed by atoms with Crippen LogP contribution < -0.4 is 0 Å². The number of carbonyl (C=O) groups excluding carboxylic acids is 1. The van der Waals surface area contributed by atoms with Crippen LogP contribution in [-0.2, 0) is 4.79 Å². The molecule has 0 bridgehead atoms. The average Bonchev–Trinajstić information content (AvgIpc) is 2.34. The summed E-state index contributed by atoms with van der Waals surface area (Å²) < 4.78 is 0. The SMILES string of the molecule is CC(C)C[C@@H]1CCC(=O)N1CC(C)C. The van der Waals surface area contributed by atoms with E-state index < -0.39 is 0 Å². The van der Waals surface area contributed by atoms with Crippen LogP contribution in [0.5, 0.6) is 0 Å². The van der Waals surface area contributed by atoms with E-state index in [4.69, 9.17) is 0 Å². The molecule has 0 radical (unpaired) electrons. The molecule has 0 aliphatic carbocycles. The Balaban J connectivity index is 2.53. The van der Waals surface area contributed by atoms with Gasteiger partial charge in [0, 0.05) is 19.0 Å². The zero-order valence-corrected chi connectivity index (χ0v) is 9.92. The van der Waals surface area contributed by atoms with Crippen molar-refractivity contribution in [3.05, 3.63) is 0 Å². The third-order valence-corrected chi connectivity index (χ3v) is 2.76. The standard InChI is InChI=1S/C12H23NO/c1-9(2)7-11-5-6-12(14)13(11)8-10(3)4/h9-11H,5-8H2,1-4H3/t11-/m0/s1. The molecular weight excluding hydrogens is 174 g/mol. The molecule has 1 aliphatic rings. The van der Waals surface area contributed by atoms with Gasteiger partial charge >= 0.3 is 0 Å². The zero-order chi connectivity index (χ0) is 10.7. The largest absolute Gasteiger partial charge is 0.339 e. The molecule has 0 aromatic heterocycles. The first-order valence-electron chi connectivity index (χ1n) is 5.80. The van der Waals surface area contributed by atoms with E-state index in [1.807, 2.05) is 0 Å². The Hall–Kier alpha value is -0.530. The van der Waals surface area contributed by atoms with Gasteiger partial charge in [0.25, 0.3) is 0 Å². The molecule has 1 rings (SSSR count). The first-order valence-corrected chi connectivity index (χ1v) is 5.80. The van der Waals surface area contributed by atoms with Crippen LogP contribution in [0, 0.1) is 11.8 Å². The molecule has 0 saturated carbocycles. The maximum Gasteiger partial charge on any atom is 0.222 e. The Morgan fingerprint density at radius 3 is 2.43 bits per heavy atom. The first-order chi connectivity index (χ1) is 6.50. The predicted molar refractivity (Wildman–Crippen MR) is 59.0 cm³/mol. The Kier molecular flexibility index (Phi) is 3.97. The van der Waals surface area contributed by atoms with Crippen LogP contribution >= 0.6 is 0 Å². The molecule has 0 aromatic rings. The van der Waals surface area contributed by atoms with Crippen molar-refractivity contribution in [1.82, 2.24) is 4.90 Å². The van der Waals surface area contributed by atoms with Crippen LogP contribution in [0.25, 0.3) is 0 Å². The summed E-state index contributed by atoms with van der Waals surface area (Å²) >= 11 is 0. The van der Waals surface area contributed by atoms with Gasteiger partial charge in [0.1, 0.15) is 0 Å². The molecule has 14 heavy (non-hydrogen) atoms. The van der Waals surface area contributed by atoms with E-state index in [-0.39, 0.29) is 0 Å². The summed E-state index contributed by atoms with van der Waals surface area (Å²) in [5.41, 5.74) is 0. The lowest BCUT2D eigenvalue weighted by Gasteiger charge is -2.27. The molecule has 1 aliphatic heterocycles. The summed E-state index contributed by atoms with van der Waals surface area (Å²) in [6, 6.07) is 0.518. The van der Waals surface area contributed by atoms with E-state index in [9.17, 15) is 4.79 Å². The normalized spacial score (nSPS) is 22.9. The lowest BCUT2D eigenvalue weighted by Crippen LogP contribution is -2.36. The summed E-state index contributed by atoms with van der Waals surface area (Å²) in [5.74, 6) is 1.65. The number of likely N-dealkylation sites (tertiary alicyclic amines) is 1. The van der Waals surface area contributed by atoms with Crippen LogP contribution in [0.1, 0.15) is 47.0 Å². The molecule has 0 unspecified atom stereocenters. The highest BCUT2D eigenvalue weighted by Crippen LogP contribution is 2.25. The van der Waals surface area contributed by atoms with Gasteiger partial charge in [-0.3, -0.25) is 4.79 Å². The van der Waals surface area contributed by atoms with Crippen molar-refractivity contribution in [2.45, 2.75) is 53.0 Å². The number of hydrogen-bond acceptors (Lipinski definition) is 1. The number of hydrogen-bond donors (Lipinski definition) is 0. The zero-order valence-electron chi connectivity index (χ0n) is 9.92. The van der Waals surface area contributed by atoms with Gasteiger partial charge in [0.15, 0.2) is 0 Å². The minimum atomic E-state index is 0.365. The minimum Gasteiger partial charge on any atom is -0.339 e. The summed E-state index contributed by atoms with van der Waals surface area (Å²) in [7, 11) is 0. The molecule has 0 spiro atoms. The molecular formula is C12H23NO. The quantitative estimate of drug-likeness (QED) is 0.678. The Bertz CT molecular complexity index is 198. The number of nitrogens with zero attached hydrogens (tertiary/aromatic N) is 1. The van der Waals surface area contributed by atoms with Gasteiger partial charge in [-0.05, 0) is 24.7 Å². The van der Waals surface area contributed by atoms with Crippen LogP contribution in [0.2, 0.25) is 0 Å². The smallest absolute Gasteiger partial charge is 0.222 e. The highest BCUT2D eigenvalue weighted by molar-refractivity contribution is 5.78. The van der Waals surface area contributed by atoms with Crippen LogP contribution in [-0.4, -0.2) is 23.4 Å². The van der Waals surface area contributed by atoms with Crippen molar-refractivity contribution >= 4 is 5.91 Å². The van der Waals surface area contributed by atoms with Gasteiger partial charge < -0.3 is 4.90 Å². The van der Waals surface area contributed by atoms with Gasteiger partial charge in [0.2, 0.25) is 5.91 Å². The molecule has 1 atom stereocenters. The Morgan fingerprint density at radius 1 is 1.29 bits per heavy atom. The van der Waals surface area contributed by atoms with Crippen molar-refractivity contribution in [3.8, 4) is 0 Å². The maximum atomic E-state index is 11.6. The number of amides is 1. The molecule has 1 heterocycles. The van der Waals surface area contributed by atoms with Crippen LogP contribution in [0.4, 0.5) is 0 Å². The van der Waals surface area contributed by atoms with E-state index in [0.29, 0.717) is 23.8 Å². The first kappa shape index (κ1) is 11.5. The number of carbonyl (C=O) groups is 1. The summed E-state index contributed by atoms with van der Waals surface area (Å²) in [5, 5.41) is 0. The number of rotatable bonds is 4. The van der Waals surface area contributed by atoms with E-state index in [1.165, 1.54) is 6.42 Å². The van der Waals surface area contributed by atoms with Gasteiger partial charge in [0.05, 0.1) is 0 Å². The van der Waals surface area contributed by atoms with E-state index in [2.05, 4.69) is 32.6 Å². The summed E-state index contributed by atoms with van der Waals surface area (Å²) in [4.78, 5) is 13.7. The third kappa shape index (κ3) is 3.00. The van der Waals surface area contributed by atoms with Crippen molar-refractivity contribution in [2.24, 2.45) is 11.8 Å². The van der Waals surface area contributed by atoms with E-state index >= 15 is 0 Å². The monoisotopic (exact) mass is 197 g/mol. The third-order valence-electron chi connectivity index (χ3n) is 2.76. The average molecular weight is 197 g/mol. The van der Waals surface area contributed by atoms with E-state index in [0.717, 1.165) is 19.4 Å². The highest BCUT2D eigenvalue weighted by Gasteiger charge is 2.31. The van der Waals surface area contributed by atoms with Gasteiger partial charge in [-0.2, -0.15) is 0 Å². The molecule has 1 amide bonds. The fraction of sp³-hybridized carbons (Fsp3) is 0.917. The Labute approximate surface area is 87.7 Å². The van der Waals surface area contributed by atoms with Crippen LogP contribution in [0.15, 0.2) is 0 Å². The Morgan fingerprint density at radius 2 is 1.93 bits per heavy atom. The fourth-order valence-corrected chi connectivity index (χ4v) is 2.23. The van der Waals surface area contributed by atoms with Crippen molar-refractivity contribution in [1.29, 1.82) is 0 Å². The maximum absolute atomic E-state index is 11.6. The van der Waals surface area contributed by atoms with Gasteiger partial charge in [-0.1, -0.05) is 27.7 Å². The predicted octanol–water partition coefficient (Wildman–Crippen LogP) is 2.68. The van der Waals surface area contributed by atoms with E-state index in [1.54, 1.807) is 0 Å². The highest BCUT2D eigenvalue weighted by atomic mass is 16.2. The molecule has 1 fully saturated rings. The molecule has 82 valence electrons. The molecule has 1 saturated heterocycles. The lowest BCUT2D eigenvalue weighted by atomic mass is 10.0. The second kappa shape index (κ2) is 4.81. The topological polar surface area (TPSA) is 20.3 Å². The van der Waals surface area contributed by atoms with Crippen LogP contribution in [0.3, 0.4) is 0 Å². The van der Waals surface area contributed by atoms with Crippen molar-refractivity contribution in [3.63, 3.8) is 0 Å². The van der Waals surface area contributed by atoms with Gasteiger partial charge in [-0.15, -0.1) is 0 Å². The van der Waals surface area contributed by atoms with Crippen molar-refractivity contribution in [2.75, 3.05) is 6.54 Å². The summed E-state index contributed by atoms with van der Waals surface area (Å²) in [6.07, 6.45) is 3.01. The minimum absolute atomic E-state index is 0.365. The fourth-order valence-electron chi connectivity index (χ4n) is 2.23. The second-order valence-corrected chi connectivity index (χ2v) is 5.26. The molecule has 2 heteroatoms.